The number of hydrogen-bond donors (Lipinski definition) is 1. The maximum atomic E-state index is 12.3. The van der Waals surface area contributed by atoms with Crippen LogP contribution in [-0.4, -0.2) is 25.0 Å². The molecule has 0 aromatic carbocycles. The second-order valence-corrected chi connectivity index (χ2v) is 10.7. The number of carbonyl (C=O) groups is 2. The molecule has 5 heteroatoms. The lowest BCUT2D eigenvalue weighted by molar-refractivity contribution is -0.126. The largest absolute Gasteiger partial charge is 0.451 e. The van der Waals surface area contributed by atoms with Crippen molar-refractivity contribution in [3.8, 4) is 0 Å². The van der Waals surface area contributed by atoms with Crippen molar-refractivity contribution in [3.05, 3.63) is 21.4 Å². The highest BCUT2D eigenvalue weighted by Crippen LogP contribution is 2.59. The van der Waals surface area contributed by atoms with Crippen LogP contribution in [0, 0.1) is 23.2 Å². The third kappa shape index (κ3) is 3.55. The molecule has 0 aliphatic heterocycles. The van der Waals surface area contributed by atoms with Crippen LogP contribution in [0.4, 0.5) is 0 Å². The zero-order valence-corrected chi connectivity index (χ0v) is 16.7. The average Bonchev–Trinajstić information content (AvgIpc) is 3.08. The normalized spacial score (nSPS) is 33.6. The lowest BCUT2D eigenvalue weighted by Crippen LogP contribution is -2.51. The summed E-state index contributed by atoms with van der Waals surface area (Å²) in [5.41, 5.74) is 1.62. The van der Waals surface area contributed by atoms with E-state index in [1.165, 1.54) is 61.8 Å². The van der Waals surface area contributed by atoms with Crippen LogP contribution >= 0.6 is 11.3 Å². The van der Waals surface area contributed by atoms with Gasteiger partial charge in [0, 0.05) is 11.4 Å². The Kier molecular flexibility index (Phi) is 4.53. The quantitative estimate of drug-likeness (QED) is 0.774. The number of ether oxygens (including phenoxy) is 1. The number of aryl methyl sites for hydroxylation is 2. The Labute approximate surface area is 165 Å². The smallest absolute Gasteiger partial charge is 0.348 e. The maximum absolute atomic E-state index is 12.3. The highest BCUT2D eigenvalue weighted by Gasteiger charge is 2.50. The van der Waals surface area contributed by atoms with E-state index in [1.54, 1.807) is 11.3 Å². The predicted octanol–water partition coefficient (Wildman–Crippen LogP) is 4.12. The Morgan fingerprint density at radius 3 is 2.41 bits per heavy atom. The fraction of sp³-hybridized carbons (Fsp3) is 0.727. The van der Waals surface area contributed by atoms with Crippen molar-refractivity contribution < 1.29 is 14.3 Å². The fourth-order valence-electron chi connectivity index (χ4n) is 6.64. The zero-order chi connectivity index (χ0) is 18.4. The molecular weight excluding hydrogens is 358 g/mol. The van der Waals surface area contributed by atoms with Crippen LogP contribution in [0.25, 0.3) is 0 Å². The third-order valence-electron chi connectivity index (χ3n) is 7.36. The monoisotopic (exact) mass is 387 g/mol. The van der Waals surface area contributed by atoms with Crippen molar-refractivity contribution in [2.24, 2.45) is 23.2 Å². The molecule has 4 saturated carbocycles. The van der Waals surface area contributed by atoms with E-state index in [9.17, 15) is 9.59 Å². The molecule has 4 nitrogen and oxygen atoms in total. The molecule has 1 aromatic rings. The van der Waals surface area contributed by atoms with E-state index >= 15 is 0 Å². The van der Waals surface area contributed by atoms with E-state index in [0.717, 1.165) is 37.1 Å². The third-order valence-corrected chi connectivity index (χ3v) is 8.57. The summed E-state index contributed by atoms with van der Waals surface area (Å²) in [7, 11) is 0. The second kappa shape index (κ2) is 6.91. The second-order valence-electron chi connectivity index (χ2n) is 9.54. The van der Waals surface area contributed by atoms with Crippen molar-refractivity contribution in [2.75, 3.05) is 13.2 Å². The molecular formula is C22H29NO3S. The van der Waals surface area contributed by atoms with E-state index in [2.05, 4.69) is 5.32 Å². The van der Waals surface area contributed by atoms with Crippen LogP contribution in [-0.2, 0) is 22.4 Å². The molecule has 146 valence electrons. The molecule has 1 amide bonds. The van der Waals surface area contributed by atoms with Crippen LogP contribution in [0.2, 0.25) is 0 Å². The SMILES string of the molecule is O=C(COC(=O)c1cc2c(s1)CCCC2)NCC12CC3CC(CC(C3)C1)C2. The van der Waals surface area contributed by atoms with Crippen LogP contribution in [0.3, 0.4) is 0 Å². The molecule has 5 aliphatic carbocycles. The zero-order valence-electron chi connectivity index (χ0n) is 15.9. The number of esters is 1. The number of nitrogens with one attached hydrogen (secondary N) is 1. The van der Waals surface area contributed by atoms with Crippen LogP contribution < -0.4 is 5.32 Å². The summed E-state index contributed by atoms with van der Waals surface area (Å²) in [5, 5.41) is 3.08. The summed E-state index contributed by atoms with van der Waals surface area (Å²) in [6.45, 7) is 0.605. The summed E-state index contributed by atoms with van der Waals surface area (Å²) >= 11 is 1.54. The Morgan fingerprint density at radius 2 is 1.74 bits per heavy atom. The van der Waals surface area contributed by atoms with Gasteiger partial charge < -0.3 is 10.1 Å². The molecule has 0 spiro atoms. The highest BCUT2D eigenvalue weighted by atomic mass is 32.1. The highest BCUT2D eigenvalue weighted by molar-refractivity contribution is 7.14. The van der Waals surface area contributed by atoms with Crippen LogP contribution in [0.15, 0.2) is 6.07 Å². The van der Waals surface area contributed by atoms with E-state index in [4.69, 9.17) is 4.74 Å². The summed E-state index contributed by atoms with van der Waals surface area (Å²) in [6, 6.07) is 1.97. The predicted molar refractivity (Wildman–Crippen MR) is 105 cm³/mol. The van der Waals surface area contributed by atoms with Gasteiger partial charge in [-0.05, 0) is 99.0 Å². The van der Waals surface area contributed by atoms with Crippen molar-refractivity contribution in [1.29, 1.82) is 0 Å². The molecule has 0 unspecified atom stereocenters. The lowest BCUT2D eigenvalue weighted by Gasteiger charge is -2.56. The Hall–Kier alpha value is -1.36. The van der Waals surface area contributed by atoms with Gasteiger partial charge in [0.2, 0.25) is 0 Å². The van der Waals surface area contributed by atoms with E-state index in [1.807, 2.05) is 6.07 Å². The first kappa shape index (κ1) is 17.7. The summed E-state index contributed by atoms with van der Waals surface area (Å²) in [6.07, 6.45) is 12.6. The number of thiophene rings is 1. The molecule has 5 aliphatic rings. The molecule has 0 saturated heterocycles. The first-order chi connectivity index (χ1) is 13.1. The topological polar surface area (TPSA) is 55.4 Å². The molecule has 6 rings (SSSR count). The van der Waals surface area contributed by atoms with Gasteiger partial charge in [-0.2, -0.15) is 0 Å². The fourth-order valence-corrected chi connectivity index (χ4v) is 7.78. The molecule has 0 atom stereocenters. The summed E-state index contributed by atoms with van der Waals surface area (Å²) in [5.74, 6) is 2.15. The van der Waals surface area contributed by atoms with E-state index < -0.39 is 0 Å². The van der Waals surface area contributed by atoms with Crippen LogP contribution in [0.1, 0.15) is 71.5 Å². The minimum absolute atomic E-state index is 0.152. The summed E-state index contributed by atoms with van der Waals surface area (Å²) in [4.78, 5) is 26.6. The maximum Gasteiger partial charge on any atom is 0.348 e. The van der Waals surface area contributed by atoms with E-state index in [-0.39, 0.29) is 18.5 Å². The van der Waals surface area contributed by atoms with Crippen molar-refractivity contribution in [3.63, 3.8) is 0 Å². The van der Waals surface area contributed by atoms with Gasteiger partial charge in [-0.25, -0.2) is 4.79 Å². The lowest BCUT2D eigenvalue weighted by atomic mass is 9.49. The van der Waals surface area contributed by atoms with Crippen molar-refractivity contribution in [1.82, 2.24) is 5.32 Å². The first-order valence-corrected chi connectivity index (χ1v) is 11.5. The number of hydrogen-bond acceptors (Lipinski definition) is 4. The van der Waals surface area contributed by atoms with Gasteiger partial charge in [0.05, 0.1) is 0 Å². The van der Waals surface area contributed by atoms with Gasteiger partial charge in [-0.15, -0.1) is 11.3 Å². The van der Waals surface area contributed by atoms with Gasteiger partial charge in [0.25, 0.3) is 5.91 Å². The first-order valence-electron chi connectivity index (χ1n) is 10.6. The molecule has 0 radical (unpaired) electrons. The van der Waals surface area contributed by atoms with E-state index in [0.29, 0.717) is 10.3 Å². The molecule has 1 heterocycles. The minimum atomic E-state index is -0.348. The standard InChI is InChI=1S/C22H29NO3S/c24-20(12-26-21(25)19-8-17-3-1-2-4-18(17)27-19)23-13-22-9-14-5-15(10-22)7-16(6-14)11-22/h8,14-16H,1-7,9-13H2,(H,23,24). The van der Waals surface area contributed by atoms with Gasteiger partial charge in [0.1, 0.15) is 4.88 Å². The Bertz CT molecular complexity index is 694. The minimum Gasteiger partial charge on any atom is -0.451 e. The van der Waals surface area contributed by atoms with Gasteiger partial charge in [0.15, 0.2) is 6.61 Å². The summed E-state index contributed by atoms with van der Waals surface area (Å²) < 4.78 is 5.30. The number of carbonyl (C=O) groups excluding carboxylic acids is 2. The number of rotatable bonds is 5. The molecule has 1 aromatic heterocycles. The average molecular weight is 388 g/mol. The molecule has 27 heavy (non-hydrogen) atoms. The molecule has 4 fully saturated rings. The number of amides is 1. The Balaban J connectivity index is 1.12. The Morgan fingerprint density at radius 1 is 1.07 bits per heavy atom. The molecule has 1 N–H and O–H groups in total. The molecule has 4 bridgehead atoms. The van der Waals surface area contributed by atoms with Gasteiger partial charge >= 0.3 is 5.97 Å². The van der Waals surface area contributed by atoms with Crippen molar-refractivity contribution in [2.45, 2.75) is 64.2 Å². The number of fused-ring (bicyclic) bond motifs is 1. The van der Waals surface area contributed by atoms with Gasteiger partial charge in [-0.3, -0.25) is 4.79 Å². The van der Waals surface area contributed by atoms with Crippen molar-refractivity contribution >= 4 is 23.2 Å². The van der Waals surface area contributed by atoms with Gasteiger partial charge in [-0.1, -0.05) is 0 Å². The van der Waals surface area contributed by atoms with Crippen LogP contribution in [0.5, 0.6) is 0 Å².